The number of carbonyl (C=O) groups is 1. The van der Waals surface area contributed by atoms with Crippen molar-refractivity contribution in [2.75, 3.05) is 0 Å². The van der Waals surface area contributed by atoms with Crippen LogP contribution in [0.5, 0.6) is 0 Å². The topological polar surface area (TPSA) is 60.2 Å². The molecule has 0 fully saturated rings. The molecular weight excluding hydrogens is 206 g/mol. The van der Waals surface area contributed by atoms with Gasteiger partial charge in [0, 0.05) is 17.7 Å². The van der Waals surface area contributed by atoms with Crippen LogP contribution in [0.1, 0.15) is 10.4 Å². The summed E-state index contributed by atoms with van der Waals surface area (Å²) in [5, 5.41) is 10.6. The second kappa shape index (κ2) is 4.02. The molecule has 14 heavy (non-hydrogen) atoms. The summed E-state index contributed by atoms with van der Waals surface area (Å²) in [6, 6.07) is 3.69. The van der Waals surface area contributed by atoms with E-state index in [-0.39, 0.29) is 16.3 Å². The van der Waals surface area contributed by atoms with Gasteiger partial charge in [-0.3, -0.25) is 14.9 Å². The number of nitro benzene ring substituents is 1. The van der Waals surface area contributed by atoms with E-state index in [2.05, 4.69) is 6.58 Å². The van der Waals surface area contributed by atoms with Gasteiger partial charge in [0.15, 0.2) is 5.78 Å². The Kier molecular flexibility index (Phi) is 2.99. The van der Waals surface area contributed by atoms with E-state index in [0.717, 1.165) is 12.1 Å². The summed E-state index contributed by atoms with van der Waals surface area (Å²) < 4.78 is 0. The highest BCUT2D eigenvalue weighted by Gasteiger charge is 2.13. The van der Waals surface area contributed by atoms with Crippen molar-refractivity contribution in [3.63, 3.8) is 0 Å². The average molecular weight is 212 g/mol. The number of rotatable bonds is 3. The molecule has 4 nitrogen and oxygen atoms in total. The number of nitro groups is 1. The lowest BCUT2D eigenvalue weighted by Gasteiger charge is -1.98. The smallest absolute Gasteiger partial charge is 0.270 e. The number of allylic oxidation sites excluding steroid dienone is 1. The van der Waals surface area contributed by atoms with Gasteiger partial charge in [0.1, 0.15) is 0 Å². The molecule has 5 heteroatoms. The average Bonchev–Trinajstić information content (AvgIpc) is 2.17. The molecule has 0 bridgehead atoms. The molecule has 72 valence electrons. The minimum Gasteiger partial charge on any atom is -0.289 e. The van der Waals surface area contributed by atoms with E-state index >= 15 is 0 Å². The molecule has 0 radical (unpaired) electrons. The Balaban J connectivity index is 3.28. The fourth-order valence-corrected chi connectivity index (χ4v) is 1.14. The number of nitrogens with zero attached hydrogens (tertiary/aromatic N) is 1. The highest BCUT2D eigenvalue weighted by atomic mass is 35.5. The van der Waals surface area contributed by atoms with Crippen LogP contribution >= 0.6 is 11.6 Å². The van der Waals surface area contributed by atoms with Crippen molar-refractivity contribution in [2.24, 2.45) is 0 Å². The maximum Gasteiger partial charge on any atom is 0.270 e. The van der Waals surface area contributed by atoms with Crippen molar-refractivity contribution in [1.29, 1.82) is 0 Å². The standard InChI is InChI=1S/C9H6ClNO3/c1-2-9(12)7-5-6(11(13)14)3-4-8(7)10/h2-5H,1H2. The summed E-state index contributed by atoms with van der Waals surface area (Å²) >= 11 is 5.68. The molecule has 0 aliphatic carbocycles. The fraction of sp³-hybridized carbons (Fsp3) is 0. The van der Waals surface area contributed by atoms with E-state index in [0.29, 0.717) is 0 Å². The molecule has 0 spiro atoms. The van der Waals surface area contributed by atoms with Gasteiger partial charge in [-0.1, -0.05) is 18.2 Å². The Bertz CT molecular complexity index is 415. The van der Waals surface area contributed by atoms with Crippen molar-refractivity contribution < 1.29 is 9.72 Å². The van der Waals surface area contributed by atoms with Gasteiger partial charge in [-0.25, -0.2) is 0 Å². The van der Waals surface area contributed by atoms with Gasteiger partial charge in [-0.15, -0.1) is 0 Å². The molecule has 0 aliphatic rings. The van der Waals surface area contributed by atoms with E-state index in [1.54, 1.807) is 0 Å². The Labute approximate surface area is 85.0 Å². The van der Waals surface area contributed by atoms with Crippen LogP contribution in [0.15, 0.2) is 30.9 Å². The Morgan fingerprint density at radius 1 is 1.57 bits per heavy atom. The van der Waals surface area contributed by atoms with Crippen LogP contribution in [-0.2, 0) is 0 Å². The Morgan fingerprint density at radius 3 is 2.71 bits per heavy atom. The summed E-state index contributed by atoms with van der Waals surface area (Å²) in [5.74, 6) is -0.432. The summed E-state index contributed by atoms with van der Waals surface area (Å²) in [4.78, 5) is 21.0. The predicted molar refractivity (Wildman–Crippen MR) is 52.6 cm³/mol. The molecule has 0 saturated heterocycles. The zero-order chi connectivity index (χ0) is 10.7. The monoisotopic (exact) mass is 211 g/mol. The number of benzene rings is 1. The summed E-state index contributed by atoms with van der Waals surface area (Å²) in [6.07, 6.45) is 1.06. The largest absolute Gasteiger partial charge is 0.289 e. The molecular formula is C9H6ClNO3. The van der Waals surface area contributed by atoms with Crippen LogP contribution in [0.2, 0.25) is 5.02 Å². The molecule has 0 unspecified atom stereocenters. The third-order valence-electron chi connectivity index (χ3n) is 1.61. The summed E-state index contributed by atoms with van der Waals surface area (Å²) in [7, 11) is 0. The van der Waals surface area contributed by atoms with Gasteiger partial charge in [0.05, 0.1) is 9.95 Å². The highest BCUT2D eigenvalue weighted by molar-refractivity contribution is 6.34. The molecule has 1 aromatic carbocycles. The first-order chi connectivity index (χ1) is 6.56. The lowest BCUT2D eigenvalue weighted by Crippen LogP contribution is -1.97. The van der Waals surface area contributed by atoms with Gasteiger partial charge in [0.2, 0.25) is 0 Å². The zero-order valence-electron chi connectivity index (χ0n) is 7.07. The van der Waals surface area contributed by atoms with Crippen molar-refractivity contribution in [1.82, 2.24) is 0 Å². The van der Waals surface area contributed by atoms with Gasteiger partial charge in [0.25, 0.3) is 5.69 Å². The van der Waals surface area contributed by atoms with Crippen LogP contribution < -0.4 is 0 Å². The number of hydrogen-bond acceptors (Lipinski definition) is 3. The molecule has 0 amide bonds. The normalized spacial score (nSPS) is 9.50. The molecule has 0 N–H and O–H groups in total. The molecule has 0 heterocycles. The third-order valence-corrected chi connectivity index (χ3v) is 1.94. The number of hydrogen-bond donors (Lipinski definition) is 0. The maximum atomic E-state index is 11.2. The first-order valence-corrected chi connectivity index (χ1v) is 4.04. The van der Waals surface area contributed by atoms with Crippen LogP contribution in [0.3, 0.4) is 0 Å². The minimum absolute atomic E-state index is 0.0934. The molecule has 0 saturated carbocycles. The van der Waals surface area contributed by atoms with Crippen LogP contribution in [0.25, 0.3) is 0 Å². The quantitative estimate of drug-likeness (QED) is 0.334. The fourth-order valence-electron chi connectivity index (χ4n) is 0.926. The Hall–Kier alpha value is -1.68. The predicted octanol–water partition coefficient (Wildman–Crippen LogP) is 2.62. The number of ketones is 1. The molecule has 1 aromatic rings. The summed E-state index contributed by atoms with van der Waals surface area (Å²) in [5.41, 5.74) is -0.0736. The summed E-state index contributed by atoms with van der Waals surface area (Å²) in [6.45, 7) is 3.27. The second-order valence-corrected chi connectivity index (χ2v) is 2.90. The lowest BCUT2D eigenvalue weighted by molar-refractivity contribution is -0.384. The Morgan fingerprint density at radius 2 is 2.21 bits per heavy atom. The van der Waals surface area contributed by atoms with Crippen LogP contribution in [0.4, 0.5) is 5.69 Å². The molecule has 0 aliphatic heterocycles. The van der Waals surface area contributed by atoms with Crippen molar-refractivity contribution in [3.05, 3.63) is 51.6 Å². The van der Waals surface area contributed by atoms with Gasteiger partial charge in [-0.05, 0) is 12.1 Å². The molecule has 1 rings (SSSR count). The maximum absolute atomic E-state index is 11.2. The van der Waals surface area contributed by atoms with Gasteiger partial charge in [-0.2, -0.15) is 0 Å². The third kappa shape index (κ3) is 1.97. The van der Waals surface area contributed by atoms with Crippen LogP contribution in [0, 0.1) is 10.1 Å². The second-order valence-electron chi connectivity index (χ2n) is 2.49. The molecule has 0 aromatic heterocycles. The van der Waals surface area contributed by atoms with Gasteiger partial charge >= 0.3 is 0 Å². The van der Waals surface area contributed by atoms with E-state index in [1.807, 2.05) is 0 Å². The van der Waals surface area contributed by atoms with E-state index in [9.17, 15) is 14.9 Å². The first kappa shape index (κ1) is 10.4. The number of halogens is 1. The number of non-ortho nitro benzene ring substituents is 1. The minimum atomic E-state index is -0.587. The van der Waals surface area contributed by atoms with Gasteiger partial charge < -0.3 is 0 Å². The van der Waals surface area contributed by atoms with E-state index in [1.165, 1.54) is 12.1 Å². The van der Waals surface area contributed by atoms with Crippen molar-refractivity contribution >= 4 is 23.1 Å². The van der Waals surface area contributed by atoms with E-state index < -0.39 is 10.7 Å². The first-order valence-electron chi connectivity index (χ1n) is 3.67. The molecule has 0 atom stereocenters. The van der Waals surface area contributed by atoms with Crippen molar-refractivity contribution in [2.45, 2.75) is 0 Å². The lowest BCUT2D eigenvalue weighted by atomic mass is 10.1. The zero-order valence-corrected chi connectivity index (χ0v) is 7.82. The number of carbonyl (C=O) groups excluding carboxylic acids is 1. The van der Waals surface area contributed by atoms with Crippen molar-refractivity contribution in [3.8, 4) is 0 Å². The van der Waals surface area contributed by atoms with Crippen LogP contribution in [-0.4, -0.2) is 10.7 Å². The highest BCUT2D eigenvalue weighted by Crippen LogP contribution is 2.22. The SMILES string of the molecule is C=CC(=O)c1cc([N+](=O)[O-])ccc1Cl. The van der Waals surface area contributed by atoms with E-state index in [4.69, 9.17) is 11.6 Å².